The lowest BCUT2D eigenvalue weighted by Crippen LogP contribution is -2.23. The second-order valence-corrected chi connectivity index (χ2v) is 13.6. The van der Waals surface area contributed by atoms with E-state index in [1.807, 2.05) is 18.2 Å². The van der Waals surface area contributed by atoms with Crippen LogP contribution in [0.1, 0.15) is 43.3 Å². The van der Waals surface area contributed by atoms with Crippen molar-refractivity contribution in [2.45, 2.75) is 27.7 Å². The van der Waals surface area contributed by atoms with Gasteiger partial charge in [-0.2, -0.15) is 25.8 Å². The molecule has 5 aromatic heterocycles. The minimum absolute atomic E-state index is 0.0271. The molecule has 15 nitrogen and oxygen atoms in total. The maximum atomic E-state index is 12.7. The molecule has 0 bridgehead atoms. The van der Waals surface area contributed by atoms with Crippen LogP contribution in [0.2, 0.25) is 10.2 Å². The van der Waals surface area contributed by atoms with Crippen LogP contribution in [0.3, 0.4) is 0 Å². The first-order valence-electron chi connectivity index (χ1n) is 16.9. The molecule has 0 aliphatic rings. The Morgan fingerprint density at radius 1 is 0.789 bits per heavy atom. The summed E-state index contributed by atoms with van der Waals surface area (Å²) in [6, 6.07) is 25.0. The normalized spacial score (nSPS) is 11.8. The van der Waals surface area contributed by atoms with Crippen LogP contribution in [0.4, 0.5) is 4.79 Å². The highest BCUT2D eigenvalue weighted by molar-refractivity contribution is 6.32. The molecule has 0 fully saturated rings. The molecule has 57 heavy (non-hydrogen) atoms. The number of hydrogen-bond donors (Lipinski definition) is 0. The number of hydrogen-bond acceptors (Lipinski definition) is 12. The van der Waals surface area contributed by atoms with Crippen molar-refractivity contribution in [2.75, 3.05) is 7.11 Å². The minimum Gasteiger partial charge on any atom is -0.437 e. The molecule has 0 radical (unpaired) electrons. The fourth-order valence-electron chi connectivity index (χ4n) is 4.97. The number of esters is 1. The lowest BCUT2D eigenvalue weighted by molar-refractivity contribution is -0.145. The zero-order valence-corrected chi connectivity index (χ0v) is 33.0. The number of carbonyl (C=O) groups excluding carboxylic acids is 2. The lowest BCUT2D eigenvalue weighted by atomic mass is 9.97. The number of benzene rings is 1. The van der Waals surface area contributed by atoms with E-state index in [4.69, 9.17) is 32.7 Å². The summed E-state index contributed by atoms with van der Waals surface area (Å²) in [6.07, 6.45) is 5.56. The third-order valence-corrected chi connectivity index (χ3v) is 8.55. The average molecular weight is 806 g/mol. The van der Waals surface area contributed by atoms with E-state index in [9.17, 15) is 20.1 Å². The highest BCUT2D eigenvalue weighted by Crippen LogP contribution is 2.35. The Kier molecular flexibility index (Phi) is 13.0. The maximum Gasteiger partial charge on any atom is 0.513 e. The summed E-state index contributed by atoms with van der Waals surface area (Å²) in [5, 5.41) is 33.3. The molecule has 1 aromatic carbocycles. The van der Waals surface area contributed by atoms with Crippen LogP contribution in [-0.2, 0) is 26.1 Å². The van der Waals surface area contributed by atoms with Crippen molar-refractivity contribution in [1.29, 1.82) is 10.5 Å². The third kappa shape index (κ3) is 9.60. The summed E-state index contributed by atoms with van der Waals surface area (Å²) >= 11 is 12.6. The van der Waals surface area contributed by atoms with Crippen LogP contribution >= 0.6 is 23.2 Å². The van der Waals surface area contributed by atoms with Gasteiger partial charge in [0.05, 0.1) is 34.5 Å². The topological polar surface area (TPSA) is 189 Å². The summed E-state index contributed by atoms with van der Waals surface area (Å²) in [5.74, 6) is 0.0449. The van der Waals surface area contributed by atoms with E-state index >= 15 is 0 Å². The van der Waals surface area contributed by atoms with Gasteiger partial charge in [-0.1, -0.05) is 47.5 Å². The van der Waals surface area contributed by atoms with Crippen molar-refractivity contribution >= 4 is 58.1 Å². The van der Waals surface area contributed by atoms with Gasteiger partial charge in [0.15, 0.2) is 23.0 Å². The molecule has 5 heterocycles. The first-order valence-corrected chi connectivity index (χ1v) is 17.7. The molecule has 0 aliphatic heterocycles. The highest BCUT2D eigenvalue weighted by Gasteiger charge is 2.30. The lowest BCUT2D eigenvalue weighted by Gasteiger charge is -2.19. The number of pyridine rings is 2. The Labute approximate surface area is 337 Å². The maximum absolute atomic E-state index is 12.7. The quantitative estimate of drug-likeness (QED) is 0.0816. The van der Waals surface area contributed by atoms with Crippen molar-refractivity contribution in [1.82, 2.24) is 39.3 Å². The number of ether oxygens (including phenoxy) is 3. The van der Waals surface area contributed by atoms with Gasteiger partial charge in [-0.05, 0) is 76.2 Å². The Morgan fingerprint density at radius 2 is 1.49 bits per heavy atom. The molecule has 17 heteroatoms. The van der Waals surface area contributed by atoms with Crippen molar-refractivity contribution in [3.8, 4) is 29.3 Å². The Bertz CT molecular complexity index is 2560. The number of aryl methyl sites for hydroxylation is 2. The zero-order chi connectivity index (χ0) is 41.3. The van der Waals surface area contributed by atoms with Gasteiger partial charge < -0.3 is 14.2 Å². The zero-order valence-electron chi connectivity index (χ0n) is 31.5. The molecular formula is C40H34Cl2N10O5. The molecule has 0 atom stereocenters. The molecule has 0 N–H and O–H groups in total. The van der Waals surface area contributed by atoms with Gasteiger partial charge in [0.25, 0.3) is 0 Å². The number of aromatic nitrogens is 8. The molecule has 288 valence electrons. The van der Waals surface area contributed by atoms with Crippen molar-refractivity contribution in [2.24, 2.45) is 12.5 Å². The van der Waals surface area contributed by atoms with Crippen LogP contribution in [0.15, 0.2) is 97.6 Å². The molecule has 0 saturated carbocycles. The Hall–Kier alpha value is -7.07. The SMILES string of the molecule is COC(=O)OC(=C(C#N)n1ccc(-c2ccccn2)n1)c1ccccc1Cl.Cc1nn(C)c(Cl)c1C(OC(=O)C(C)(C)C)=C(C#N)c1ccn(-c2ccccn2)n1. The molecule has 0 aliphatic carbocycles. The van der Waals surface area contributed by atoms with E-state index in [0.717, 1.165) is 0 Å². The molecule has 0 saturated heterocycles. The number of nitrogens with zero attached hydrogens (tertiary/aromatic N) is 10. The van der Waals surface area contributed by atoms with E-state index < -0.39 is 17.5 Å². The van der Waals surface area contributed by atoms with E-state index in [0.29, 0.717) is 44.7 Å². The minimum atomic E-state index is -0.977. The van der Waals surface area contributed by atoms with Crippen molar-refractivity contribution in [3.63, 3.8) is 0 Å². The molecule has 0 amide bonds. The van der Waals surface area contributed by atoms with Crippen LogP contribution in [0.25, 0.3) is 40.0 Å². The summed E-state index contributed by atoms with van der Waals surface area (Å²) < 4.78 is 19.8. The van der Waals surface area contributed by atoms with E-state index in [-0.39, 0.29) is 27.9 Å². The van der Waals surface area contributed by atoms with Crippen molar-refractivity contribution in [3.05, 3.63) is 130 Å². The monoisotopic (exact) mass is 804 g/mol. The van der Waals surface area contributed by atoms with Crippen LogP contribution in [0, 0.1) is 35.0 Å². The first-order chi connectivity index (χ1) is 27.3. The van der Waals surface area contributed by atoms with E-state index in [2.05, 4.69) is 36.1 Å². The van der Waals surface area contributed by atoms with Crippen LogP contribution in [0.5, 0.6) is 0 Å². The van der Waals surface area contributed by atoms with E-state index in [1.54, 1.807) is 120 Å². The van der Waals surface area contributed by atoms with Gasteiger partial charge in [0.1, 0.15) is 34.3 Å². The van der Waals surface area contributed by atoms with Crippen molar-refractivity contribution < 1.29 is 23.8 Å². The fourth-order valence-corrected chi connectivity index (χ4v) is 5.45. The van der Waals surface area contributed by atoms with E-state index in [1.165, 1.54) is 21.2 Å². The smallest absolute Gasteiger partial charge is 0.437 e. The Balaban J connectivity index is 0.000000219. The summed E-state index contributed by atoms with van der Waals surface area (Å²) in [4.78, 5) is 32.9. The molecular weight excluding hydrogens is 771 g/mol. The summed E-state index contributed by atoms with van der Waals surface area (Å²) in [6.45, 7) is 6.92. The molecule has 0 spiro atoms. The molecule has 0 unspecified atom stereocenters. The van der Waals surface area contributed by atoms with Crippen LogP contribution in [-0.4, -0.2) is 58.5 Å². The largest absolute Gasteiger partial charge is 0.513 e. The van der Waals surface area contributed by atoms with Gasteiger partial charge in [-0.3, -0.25) is 14.5 Å². The number of rotatable bonds is 8. The molecule has 6 rings (SSSR count). The van der Waals surface area contributed by atoms with Gasteiger partial charge in [0, 0.05) is 37.4 Å². The van der Waals surface area contributed by atoms with Gasteiger partial charge in [0.2, 0.25) is 0 Å². The number of nitriles is 2. The third-order valence-electron chi connectivity index (χ3n) is 7.79. The first kappa shape index (κ1) is 41.1. The summed E-state index contributed by atoms with van der Waals surface area (Å²) in [5.41, 5.74) is 2.02. The Morgan fingerprint density at radius 3 is 2.07 bits per heavy atom. The number of carbonyl (C=O) groups is 2. The number of allylic oxidation sites excluding steroid dienone is 2. The van der Waals surface area contributed by atoms with Gasteiger partial charge in [-0.15, -0.1) is 0 Å². The second kappa shape index (κ2) is 18.0. The highest BCUT2D eigenvalue weighted by atomic mass is 35.5. The van der Waals surface area contributed by atoms with Crippen LogP contribution < -0.4 is 0 Å². The number of methoxy groups -OCH3 is 1. The average Bonchev–Trinajstić information content (AvgIpc) is 3.95. The second-order valence-electron chi connectivity index (χ2n) is 12.8. The standard InChI is InChI=1S/C21H21ClN6O2.C19H13ClN4O3/c1-13-17(19(22)27(5)25-13)18(30-20(29)21(2,3)4)14(12-23)15-9-11-28(26-15)16-8-6-7-10-24-16;1-26-19(25)27-18(13-6-2-3-7-14(13)20)17(12-21)24-11-9-16(23-24)15-8-4-5-10-22-15/h6-11H,1-5H3;2-11H,1H3. The van der Waals surface area contributed by atoms with Gasteiger partial charge >= 0.3 is 12.1 Å². The number of halogens is 2. The van der Waals surface area contributed by atoms with Gasteiger partial charge in [-0.25, -0.2) is 19.1 Å². The summed E-state index contributed by atoms with van der Waals surface area (Å²) in [7, 11) is 2.84. The fraction of sp³-hybridized carbons (Fsp3) is 0.175. The predicted octanol–water partition coefficient (Wildman–Crippen LogP) is 8.17. The molecule has 6 aromatic rings. The predicted molar refractivity (Wildman–Crippen MR) is 211 cm³/mol.